The molecule has 0 saturated carbocycles. The molecule has 0 aromatic heterocycles. The molecule has 20 heavy (non-hydrogen) atoms. The van der Waals surface area contributed by atoms with E-state index in [4.69, 9.17) is 9.84 Å². The standard InChI is InChI=1S/C14H18N2O4/c1-8(17)16-13-10(4-3-5-12(13)20-2)11-6-9(7-15-11)14(18)19/h3-5,9,11,15H,6-7H2,1-2H3,(H,16,17)(H,18,19). The summed E-state index contributed by atoms with van der Waals surface area (Å²) in [7, 11) is 1.53. The van der Waals surface area contributed by atoms with Gasteiger partial charge >= 0.3 is 5.97 Å². The van der Waals surface area contributed by atoms with Crippen LogP contribution >= 0.6 is 0 Å². The van der Waals surface area contributed by atoms with Crippen molar-refractivity contribution >= 4 is 17.6 Å². The Hall–Kier alpha value is -2.08. The molecule has 6 heteroatoms. The lowest BCUT2D eigenvalue weighted by Gasteiger charge is -2.18. The molecule has 3 N–H and O–H groups in total. The number of amides is 1. The van der Waals surface area contributed by atoms with Crippen molar-refractivity contribution < 1.29 is 19.4 Å². The summed E-state index contributed by atoms with van der Waals surface area (Å²) < 4.78 is 5.26. The molecule has 108 valence electrons. The van der Waals surface area contributed by atoms with Crippen molar-refractivity contribution in [1.29, 1.82) is 0 Å². The average molecular weight is 278 g/mol. The number of ether oxygens (including phenoxy) is 1. The minimum Gasteiger partial charge on any atom is -0.495 e. The maximum Gasteiger partial charge on any atom is 0.307 e. The SMILES string of the molecule is COc1cccc(C2CC(C(=O)O)CN2)c1NC(C)=O. The van der Waals surface area contributed by atoms with Gasteiger partial charge in [0.05, 0.1) is 18.7 Å². The van der Waals surface area contributed by atoms with Gasteiger partial charge in [-0.05, 0) is 18.1 Å². The highest BCUT2D eigenvalue weighted by Crippen LogP contribution is 2.37. The molecular weight excluding hydrogens is 260 g/mol. The minimum absolute atomic E-state index is 0.104. The van der Waals surface area contributed by atoms with E-state index in [9.17, 15) is 9.59 Å². The number of carboxylic acids is 1. The number of rotatable bonds is 4. The van der Waals surface area contributed by atoms with Crippen LogP contribution in [0.5, 0.6) is 5.75 Å². The summed E-state index contributed by atoms with van der Waals surface area (Å²) in [6, 6.07) is 5.36. The maximum atomic E-state index is 11.3. The molecular formula is C14H18N2O4. The Kier molecular flexibility index (Phi) is 4.24. The fourth-order valence-electron chi connectivity index (χ4n) is 2.48. The van der Waals surface area contributed by atoms with Crippen molar-refractivity contribution in [2.45, 2.75) is 19.4 Å². The molecule has 1 heterocycles. The molecule has 1 aliphatic rings. The number of carbonyl (C=O) groups excluding carboxylic acids is 1. The summed E-state index contributed by atoms with van der Waals surface area (Å²) in [5.74, 6) is -0.831. The number of para-hydroxylation sites is 1. The molecule has 6 nitrogen and oxygen atoms in total. The Morgan fingerprint density at radius 3 is 2.75 bits per heavy atom. The molecule has 2 unspecified atom stereocenters. The van der Waals surface area contributed by atoms with Crippen molar-refractivity contribution in [2.24, 2.45) is 5.92 Å². The molecule has 0 aliphatic carbocycles. The Balaban J connectivity index is 2.31. The number of aliphatic carboxylic acids is 1. The first kappa shape index (κ1) is 14.3. The van der Waals surface area contributed by atoms with E-state index < -0.39 is 11.9 Å². The number of benzene rings is 1. The molecule has 1 fully saturated rings. The minimum atomic E-state index is -0.802. The van der Waals surface area contributed by atoms with Gasteiger partial charge in [-0.25, -0.2) is 0 Å². The summed E-state index contributed by atoms with van der Waals surface area (Å²) in [5.41, 5.74) is 1.45. The zero-order chi connectivity index (χ0) is 14.7. The Morgan fingerprint density at radius 1 is 1.45 bits per heavy atom. The Labute approximate surface area is 117 Å². The second-order valence-electron chi connectivity index (χ2n) is 4.84. The lowest BCUT2D eigenvalue weighted by atomic mass is 9.98. The number of hydrogen-bond acceptors (Lipinski definition) is 4. The van der Waals surface area contributed by atoms with Crippen molar-refractivity contribution in [3.8, 4) is 5.75 Å². The third-order valence-electron chi connectivity index (χ3n) is 3.43. The topological polar surface area (TPSA) is 87.7 Å². The monoisotopic (exact) mass is 278 g/mol. The van der Waals surface area contributed by atoms with Gasteiger partial charge in [0.1, 0.15) is 5.75 Å². The summed E-state index contributed by atoms with van der Waals surface area (Å²) in [6.45, 7) is 1.86. The van der Waals surface area contributed by atoms with E-state index in [1.165, 1.54) is 14.0 Å². The number of carboxylic acid groups (broad SMARTS) is 1. The van der Waals surface area contributed by atoms with Crippen LogP contribution in [0.4, 0.5) is 5.69 Å². The van der Waals surface area contributed by atoms with E-state index in [0.717, 1.165) is 5.56 Å². The zero-order valence-electron chi connectivity index (χ0n) is 11.5. The van der Waals surface area contributed by atoms with Gasteiger partial charge in [0.2, 0.25) is 5.91 Å². The zero-order valence-corrected chi connectivity index (χ0v) is 11.5. The Morgan fingerprint density at radius 2 is 2.20 bits per heavy atom. The van der Waals surface area contributed by atoms with Gasteiger partial charge in [-0.2, -0.15) is 0 Å². The smallest absolute Gasteiger partial charge is 0.307 e. The van der Waals surface area contributed by atoms with Crippen LogP contribution in [0.1, 0.15) is 24.9 Å². The summed E-state index contributed by atoms with van der Waals surface area (Å²) in [5, 5.41) is 15.0. The molecule has 0 spiro atoms. The Bertz CT molecular complexity index is 530. The number of nitrogens with one attached hydrogen (secondary N) is 2. The first-order chi connectivity index (χ1) is 9.52. The third kappa shape index (κ3) is 2.91. The fraction of sp³-hybridized carbons (Fsp3) is 0.429. The second kappa shape index (κ2) is 5.92. The summed E-state index contributed by atoms with van der Waals surface area (Å²) in [4.78, 5) is 22.4. The van der Waals surface area contributed by atoms with Crippen molar-refractivity contribution in [1.82, 2.24) is 5.32 Å². The molecule has 1 saturated heterocycles. The first-order valence-electron chi connectivity index (χ1n) is 6.43. The van der Waals surface area contributed by atoms with Crippen LogP contribution in [0.25, 0.3) is 0 Å². The predicted molar refractivity (Wildman–Crippen MR) is 73.8 cm³/mol. The highest BCUT2D eigenvalue weighted by molar-refractivity contribution is 5.91. The number of methoxy groups -OCH3 is 1. The van der Waals surface area contributed by atoms with E-state index >= 15 is 0 Å². The van der Waals surface area contributed by atoms with E-state index in [1.807, 2.05) is 12.1 Å². The highest BCUT2D eigenvalue weighted by Gasteiger charge is 2.32. The number of hydrogen-bond donors (Lipinski definition) is 3. The van der Waals surface area contributed by atoms with Gasteiger partial charge < -0.3 is 20.5 Å². The van der Waals surface area contributed by atoms with Gasteiger partial charge in [-0.1, -0.05) is 12.1 Å². The second-order valence-corrected chi connectivity index (χ2v) is 4.84. The van der Waals surface area contributed by atoms with Crippen LogP contribution in [0.2, 0.25) is 0 Å². The van der Waals surface area contributed by atoms with Crippen LogP contribution < -0.4 is 15.4 Å². The van der Waals surface area contributed by atoms with Crippen LogP contribution in [0, 0.1) is 5.92 Å². The molecule has 2 atom stereocenters. The normalized spacial score (nSPS) is 21.5. The third-order valence-corrected chi connectivity index (χ3v) is 3.43. The van der Waals surface area contributed by atoms with Crippen LogP contribution in [0.3, 0.4) is 0 Å². The van der Waals surface area contributed by atoms with Crippen molar-refractivity contribution in [3.63, 3.8) is 0 Å². The number of anilines is 1. The van der Waals surface area contributed by atoms with Gasteiger partial charge in [-0.15, -0.1) is 0 Å². The quantitative estimate of drug-likeness (QED) is 0.774. The highest BCUT2D eigenvalue weighted by atomic mass is 16.5. The first-order valence-corrected chi connectivity index (χ1v) is 6.43. The van der Waals surface area contributed by atoms with Gasteiger partial charge in [0, 0.05) is 19.5 Å². The molecule has 2 rings (SSSR count). The summed E-state index contributed by atoms with van der Waals surface area (Å²) in [6.07, 6.45) is 0.495. The van der Waals surface area contributed by atoms with E-state index in [-0.39, 0.29) is 11.9 Å². The fourth-order valence-corrected chi connectivity index (χ4v) is 2.48. The van der Waals surface area contributed by atoms with Gasteiger partial charge in [0.15, 0.2) is 0 Å². The van der Waals surface area contributed by atoms with Crippen LogP contribution in [0.15, 0.2) is 18.2 Å². The summed E-state index contributed by atoms with van der Waals surface area (Å²) >= 11 is 0. The molecule has 1 aliphatic heterocycles. The average Bonchev–Trinajstić information content (AvgIpc) is 2.88. The van der Waals surface area contributed by atoms with Crippen molar-refractivity contribution in [2.75, 3.05) is 19.0 Å². The largest absolute Gasteiger partial charge is 0.495 e. The van der Waals surface area contributed by atoms with Crippen LogP contribution in [-0.2, 0) is 9.59 Å². The van der Waals surface area contributed by atoms with E-state index in [0.29, 0.717) is 24.4 Å². The van der Waals surface area contributed by atoms with Crippen LogP contribution in [-0.4, -0.2) is 30.6 Å². The molecule has 0 bridgehead atoms. The lowest BCUT2D eigenvalue weighted by Crippen LogP contribution is -2.18. The molecule has 1 amide bonds. The predicted octanol–water partition coefficient (Wildman–Crippen LogP) is 1.39. The van der Waals surface area contributed by atoms with E-state index in [2.05, 4.69) is 10.6 Å². The molecule has 0 radical (unpaired) electrons. The van der Waals surface area contributed by atoms with Crippen molar-refractivity contribution in [3.05, 3.63) is 23.8 Å². The molecule has 1 aromatic carbocycles. The maximum absolute atomic E-state index is 11.3. The number of carbonyl (C=O) groups is 2. The van der Waals surface area contributed by atoms with E-state index in [1.54, 1.807) is 6.07 Å². The lowest BCUT2D eigenvalue weighted by molar-refractivity contribution is -0.141. The van der Waals surface area contributed by atoms with Gasteiger partial charge in [0.25, 0.3) is 0 Å². The van der Waals surface area contributed by atoms with Gasteiger partial charge in [-0.3, -0.25) is 9.59 Å². The molecule has 1 aromatic rings.